The summed E-state index contributed by atoms with van der Waals surface area (Å²) in [5.41, 5.74) is 1.03. The van der Waals surface area contributed by atoms with E-state index in [0.29, 0.717) is 0 Å². The lowest BCUT2D eigenvalue weighted by Crippen LogP contribution is -2.33. The van der Waals surface area contributed by atoms with Crippen LogP contribution in [0.4, 0.5) is 4.39 Å². The minimum atomic E-state index is -0.475. The van der Waals surface area contributed by atoms with Gasteiger partial charge in [-0.3, -0.25) is 14.6 Å². The Morgan fingerprint density at radius 3 is 2.76 bits per heavy atom. The maximum absolute atomic E-state index is 14.0. The molecule has 1 amide bonds. The van der Waals surface area contributed by atoms with Gasteiger partial charge in [0.25, 0.3) is 5.91 Å². The van der Waals surface area contributed by atoms with Gasteiger partial charge in [-0.2, -0.15) is 0 Å². The lowest BCUT2D eigenvalue weighted by molar-refractivity contribution is -0.143. The molecule has 0 aliphatic heterocycles. The topological polar surface area (TPSA) is 85.5 Å². The highest BCUT2D eigenvalue weighted by molar-refractivity contribution is 5.93. The van der Waals surface area contributed by atoms with Gasteiger partial charge in [0.15, 0.2) is 11.5 Å². The van der Waals surface area contributed by atoms with Gasteiger partial charge in [0.05, 0.1) is 18.6 Å². The molecule has 0 atom stereocenters. The van der Waals surface area contributed by atoms with Crippen LogP contribution in [0.2, 0.25) is 0 Å². The number of amides is 1. The second-order valence-corrected chi connectivity index (χ2v) is 6.20. The van der Waals surface area contributed by atoms with Crippen molar-refractivity contribution >= 4 is 11.9 Å². The van der Waals surface area contributed by atoms with Crippen LogP contribution in [-0.2, 0) is 16.1 Å². The van der Waals surface area contributed by atoms with Crippen molar-refractivity contribution in [2.24, 2.45) is 0 Å². The monoisotopic (exact) mass is 397 g/mol. The molecule has 1 aromatic carbocycles. The Morgan fingerprint density at radius 1 is 1.21 bits per heavy atom. The average Bonchev–Trinajstić information content (AvgIpc) is 3.22. The van der Waals surface area contributed by atoms with Crippen LogP contribution in [0.5, 0.6) is 0 Å². The first-order chi connectivity index (χ1) is 14.1. The maximum Gasteiger partial charge on any atom is 0.307 e. The fraction of sp³-hybridized carbons (Fsp3) is 0.238. The number of carbonyl (C=O) groups is 2. The van der Waals surface area contributed by atoms with Crippen molar-refractivity contribution in [2.45, 2.75) is 19.9 Å². The molecule has 0 bridgehead atoms. The quantitative estimate of drug-likeness (QED) is 0.541. The lowest BCUT2D eigenvalue weighted by atomic mass is 10.1. The number of esters is 1. The van der Waals surface area contributed by atoms with Gasteiger partial charge in [0.1, 0.15) is 5.82 Å². The number of benzene rings is 1. The first-order valence-electron chi connectivity index (χ1n) is 9.14. The Kier molecular flexibility index (Phi) is 6.67. The summed E-state index contributed by atoms with van der Waals surface area (Å²) in [6.45, 7) is 2.35. The Morgan fingerprint density at radius 2 is 2.03 bits per heavy atom. The van der Waals surface area contributed by atoms with Gasteiger partial charge < -0.3 is 14.2 Å². The number of hydrogen-bond donors (Lipinski definition) is 0. The molecule has 0 unspecified atom stereocenters. The third-order valence-corrected chi connectivity index (χ3v) is 4.14. The molecular weight excluding hydrogens is 377 g/mol. The zero-order valence-corrected chi connectivity index (χ0v) is 15.9. The van der Waals surface area contributed by atoms with E-state index < -0.39 is 17.7 Å². The molecule has 0 saturated carbocycles. The highest BCUT2D eigenvalue weighted by Gasteiger charge is 2.22. The number of ether oxygens (including phenoxy) is 1. The van der Waals surface area contributed by atoms with E-state index in [0.717, 1.165) is 5.56 Å². The molecule has 8 heteroatoms. The molecule has 3 aromatic rings. The summed E-state index contributed by atoms with van der Waals surface area (Å²) >= 11 is 0. The number of pyridine rings is 1. The summed E-state index contributed by atoms with van der Waals surface area (Å²) in [4.78, 5) is 30.2. The minimum Gasteiger partial charge on any atom is -0.466 e. The van der Waals surface area contributed by atoms with Crippen molar-refractivity contribution < 1.29 is 23.2 Å². The van der Waals surface area contributed by atoms with Crippen molar-refractivity contribution in [1.29, 1.82) is 0 Å². The van der Waals surface area contributed by atoms with E-state index in [-0.39, 0.29) is 43.1 Å². The minimum absolute atomic E-state index is 0.0241. The second-order valence-electron chi connectivity index (χ2n) is 6.20. The largest absolute Gasteiger partial charge is 0.466 e. The fourth-order valence-electron chi connectivity index (χ4n) is 2.75. The molecule has 0 radical (unpaired) electrons. The van der Waals surface area contributed by atoms with Gasteiger partial charge >= 0.3 is 5.97 Å². The molecule has 7 nitrogen and oxygen atoms in total. The van der Waals surface area contributed by atoms with Gasteiger partial charge in [-0.1, -0.05) is 23.4 Å². The van der Waals surface area contributed by atoms with Gasteiger partial charge in [-0.05, 0) is 30.7 Å². The van der Waals surface area contributed by atoms with Crippen LogP contribution in [-0.4, -0.2) is 40.1 Å². The zero-order valence-electron chi connectivity index (χ0n) is 15.9. The van der Waals surface area contributed by atoms with E-state index in [4.69, 9.17) is 9.26 Å². The number of rotatable bonds is 8. The number of nitrogens with zero attached hydrogens (tertiary/aromatic N) is 3. The van der Waals surface area contributed by atoms with E-state index in [1.54, 1.807) is 37.5 Å². The van der Waals surface area contributed by atoms with E-state index in [1.807, 2.05) is 6.07 Å². The van der Waals surface area contributed by atoms with Crippen LogP contribution in [0, 0.1) is 5.82 Å². The summed E-state index contributed by atoms with van der Waals surface area (Å²) in [5, 5.41) is 3.79. The Labute approximate surface area is 167 Å². The highest BCUT2D eigenvalue weighted by atomic mass is 19.1. The van der Waals surface area contributed by atoms with E-state index in [9.17, 15) is 14.0 Å². The van der Waals surface area contributed by atoms with Crippen LogP contribution in [0.25, 0.3) is 11.3 Å². The van der Waals surface area contributed by atoms with Crippen molar-refractivity contribution in [3.63, 3.8) is 0 Å². The highest BCUT2D eigenvalue weighted by Crippen LogP contribution is 2.24. The Balaban J connectivity index is 1.80. The maximum atomic E-state index is 14.0. The Hall–Kier alpha value is -3.55. The van der Waals surface area contributed by atoms with Crippen LogP contribution >= 0.6 is 0 Å². The molecule has 2 aromatic heterocycles. The molecule has 0 spiro atoms. The van der Waals surface area contributed by atoms with Crippen LogP contribution in [0.1, 0.15) is 29.4 Å². The summed E-state index contributed by atoms with van der Waals surface area (Å²) < 4.78 is 24.1. The molecule has 150 valence electrons. The van der Waals surface area contributed by atoms with Crippen LogP contribution < -0.4 is 0 Å². The molecule has 0 aliphatic rings. The van der Waals surface area contributed by atoms with Crippen molar-refractivity contribution in [2.75, 3.05) is 13.2 Å². The normalized spacial score (nSPS) is 10.6. The predicted molar refractivity (Wildman–Crippen MR) is 102 cm³/mol. The molecule has 29 heavy (non-hydrogen) atoms. The van der Waals surface area contributed by atoms with Gasteiger partial charge in [-0.25, -0.2) is 4.39 Å². The summed E-state index contributed by atoms with van der Waals surface area (Å²) in [6, 6.07) is 11.0. The summed E-state index contributed by atoms with van der Waals surface area (Å²) in [6.07, 6.45) is 3.31. The first kappa shape index (κ1) is 20.2. The van der Waals surface area contributed by atoms with Crippen molar-refractivity contribution in [1.82, 2.24) is 15.0 Å². The first-order valence-corrected chi connectivity index (χ1v) is 9.14. The molecular formula is C21H20FN3O4. The van der Waals surface area contributed by atoms with Crippen molar-refractivity contribution in [3.05, 3.63) is 71.9 Å². The van der Waals surface area contributed by atoms with E-state index in [1.165, 1.54) is 23.1 Å². The van der Waals surface area contributed by atoms with E-state index in [2.05, 4.69) is 10.1 Å². The molecule has 0 N–H and O–H groups in total. The number of hydrogen-bond acceptors (Lipinski definition) is 6. The smallest absolute Gasteiger partial charge is 0.307 e. The molecule has 2 heterocycles. The lowest BCUT2D eigenvalue weighted by Gasteiger charge is -2.21. The third kappa shape index (κ3) is 5.25. The van der Waals surface area contributed by atoms with Gasteiger partial charge in [-0.15, -0.1) is 0 Å². The standard InChI is InChI=1S/C21H20FN3O4/c1-2-28-20(26)9-11-25(14-15-6-5-10-23-13-15)21(27)18-12-19(29-24-18)16-7-3-4-8-17(16)22/h3-8,10,12-13H,2,9,11,14H2,1H3. The summed E-state index contributed by atoms with van der Waals surface area (Å²) in [7, 11) is 0. The molecule has 0 fully saturated rings. The van der Waals surface area contributed by atoms with Gasteiger partial charge in [0, 0.05) is 31.5 Å². The fourth-order valence-corrected chi connectivity index (χ4v) is 2.75. The molecule has 0 aliphatic carbocycles. The molecule has 3 rings (SSSR count). The van der Waals surface area contributed by atoms with Crippen LogP contribution in [0.3, 0.4) is 0 Å². The number of carbonyl (C=O) groups excluding carboxylic acids is 2. The van der Waals surface area contributed by atoms with Gasteiger partial charge in [0.2, 0.25) is 0 Å². The van der Waals surface area contributed by atoms with E-state index >= 15 is 0 Å². The predicted octanol–water partition coefficient (Wildman–Crippen LogP) is 3.47. The number of aromatic nitrogens is 2. The summed E-state index contributed by atoms with van der Waals surface area (Å²) in [5.74, 6) is -1.16. The number of halogens is 1. The third-order valence-electron chi connectivity index (χ3n) is 4.14. The second kappa shape index (κ2) is 9.59. The Bertz CT molecular complexity index is 975. The van der Waals surface area contributed by atoms with Crippen molar-refractivity contribution in [3.8, 4) is 11.3 Å². The SMILES string of the molecule is CCOC(=O)CCN(Cc1cccnc1)C(=O)c1cc(-c2ccccc2F)on1. The molecule has 0 saturated heterocycles. The van der Waals surface area contributed by atoms with Crippen LogP contribution in [0.15, 0.2) is 59.4 Å². The average molecular weight is 397 g/mol. The zero-order chi connectivity index (χ0) is 20.6.